The number of imidazole rings is 1. The summed E-state index contributed by atoms with van der Waals surface area (Å²) in [6.45, 7) is 3.73. The van der Waals surface area contributed by atoms with Crippen molar-refractivity contribution in [2.24, 2.45) is 0 Å². The van der Waals surface area contributed by atoms with Crippen LogP contribution < -0.4 is 0 Å². The van der Waals surface area contributed by atoms with Gasteiger partial charge in [-0.05, 0) is 38.1 Å². The molecule has 8 nitrogen and oxygen atoms in total. The SMILES string of the molecule is Cc1ccc(-n2nnc(C(=O)OCc3nc4nc(Cl)ccc4[nH]3)c2C)cc1. The maximum absolute atomic E-state index is 12.4. The highest BCUT2D eigenvalue weighted by molar-refractivity contribution is 6.29. The van der Waals surface area contributed by atoms with E-state index in [1.54, 1.807) is 23.7 Å². The number of esters is 1. The maximum Gasteiger partial charge on any atom is 0.361 e. The number of pyridine rings is 1. The quantitative estimate of drug-likeness (QED) is 0.430. The third-order valence-electron chi connectivity index (χ3n) is 4.07. The lowest BCUT2D eigenvalue weighted by Gasteiger charge is -2.04. The van der Waals surface area contributed by atoms with E-state index in [0.717, 1.165) is 11.3 Å². The van der Waals surface area contributed by atoms with E-state index in [1.165, 1.54) is 0 Å². The molecule has 136 valence electrons. The third kappa shape index (κ3) is 3.39. The number of hydrogen-bond donors (Lipinski definition) is 1. The summed E-state index contributed by atoms with van der Waals surface area (Å²) in [5.74, 6) is -0.103. The monoisotopic (exact) mass is 382 g/mol. The summed E-state index contributed by atoms with van der Waals surface area (Å²) >= 11 is 5.85. The van der Waals surface area contributed by atoms with Crippen LogP contribution in [0.2, 0.25) is 5.15 Å². The number of carbonyl (C=O) groups is 1. The Morgan fingerprint density at radius 2 is 1.93 bits per heavy atom. The Bertz CT molecular complexity index is 1130. The molecule has 0 aliphatic rings. The second kappa shape index (κ2) is 6.81. The van der Waals surface area contributed by atoms with Crippen molar-refractivity contribution in [2.45, 2.75) is 20.5 Å². The first-order valence-corrected chi connectivity index (χ1v) is 8.56. The van der Waals surface area contributed by atoms with Crippen LogP contribution in [0.25, 0.3) is 16.9 Å². The van der Waals surface area contributed by atoms with Crippen LogP contribution in [0.5, 0.6) is 0 Å². The zero-order chi connectivity index (χ0) is 19.0. The third-order valence-corrected chi connectivity index (χ3v) is 4.28. The van der Waals surface area contributed by atoms with E-state index in [0.29, 0.717) is 27.8 Å². The first kappa shape index (κ1) is 17.2. The van der Waals surface area contributed by atoms with Gasteiger partial charge >= 0.3 is 5.97 Å². The minimum Gasteiger partial charge on any atom is -0.453 e. The predicted molar refractivity (Wildman–Crippen MR) is 98.9 cm³/mol. The van der Waals surface area contributed by atoms with Gasteiger partial charge in [0.1, 0.15) is 17.6 Å². The molecule has 0 atom stereocenters. The minimum absolute atomic E-state index is 0.0381. The normalized spacial score (nSPS) is 11.1. The van der Waals surface area contributed by atoms with Gasteiger partial charge in [0.2, 0.25) is 0 Å². The van der Waals surface area contributed by atoms with E-state index in [1.807, 2.05) is 31.2 Å². The Morgan fingerprint density at radius 3 is 2.70 bits per heavy atom. The summed E-state index contributed by atoms with van der Waals surface area (Å²) < 4.78 is 6.91. The maximum atomic E-state index is 12.4. The highest BCUT2D eigenvalue weighted by atomic mass is 35.5. The molecular formula is C18H15ClN6O2. The molecule has 3 heterocycles. The second-order valence-electron chi connectivity index (χ2n) is 6.04. The Balaban J connectivity index is 1.50. The predicted octanol–water partition coefficient (Wildman–Crippen LogP) is 3.17. The van der Waals surface area contributed by atoms with E-state index in [-0.39, 0.29) is 12.3 Å². The number of carbonyl (C=O) groups excluding carboxylic acids is 1. The van der Waals surface area contributed by atoms with Gasteiger partial charge in [0.15, 0.2) is 11.3 Å². The van der Waals surface area contributed by atoms with Crippen molar-refractivity contribution in [3.63, 3.8) is 0 Å². The first-order chi connectivity index (χ1) is 13.0. The average Bonchev–Trinajstić information content (AvgIpc) is 3.23. The van der Waals surface area contributed by atoms with E-state index in [4.69, 9.17) is 16.3 Å². The smallest absolute Gasteiger partial charge is 0.361 e. The van der Waals surface area contributed by atoms with Gasteiger partial charge in [0.25, 0.3) is 0 Å². The number of nitrogens with one attached hydrogen (secondary N) is 1. The van der Waals surface area contributed by atoms with Crippen molar-refractivity contribution in [1.29, 1.82) is 0 Å². The Hall–Kier alpha value is -3.26. The zero-order valence-electron chi connectivity index (χ0n) is 14.6. The van der Waals surface area contributed by atoms with Crippen molar-refractivity contribution >= 4 is 28.7 Å². The Kier molecular flexibility index (Phi) is 4.33. The molecule has 0 bridgehead atoms. The van der Waals surface area contributed by atoms with Gasteiger partial charge < -0.3 is 9.72 Å². The summed E-state index contributed by atoms with van der Waals surface area (Å²) in [6.07, 6.45) is 0. The molecule has 0 aliphatic carbocycles. The standard InChI is InChI=1S/C18H15ClN6O2/c1-10-3-5-12(6-4-10)25-11(2)16(23-24-25)18(26)27-9-15-20-13-7-8-14(19)21-17(13)22-15/h3-8H,9H2,1-2H3,(H,20,21,22). The molecule has 3 aromatic heterocycles. The number of fused-ring (bicyclic) bond motifs is 1. The number of benzene rings is 1. The van der Waals surface area contributed by atoms with Crippen LogP contribution in [0, 0.1) is 13.8 Å². The Morgan fingerprint density at radius 1 is 1.15 bits per heavy atom. The van der Waals surface area contributed by atoms with Crippen LogP contribution in [0.1, 0.15) is 27.6 Å². The highest BCUT2D eigenvalue weighted by Crippen LogP contribution is 2.16. The van der Waals surface area contributed by atoms with E-state index < -0.39 is 5.97 Å². The molecule has 9 heteroatoms. The van der Waals surface area contributed by atoms with Gasteiger partial charge in [-0.25, -0.2) is 19.4 Å². The van der Waals surface area contributed by atoms with Crippen molar-refractivity contribution in [1.82, 2.24) is 29.9 Å². The lowest BCUT2D eigenvalue weighted by molar-refractivity contribution is 0.0455. The van der Waals surface area contributed by atoms with Crippen LogP contribution >= 0.6 is 11.6 Å². The largest absolute Gasteiger partial charge is 0.453 e. The summed E-state index contributed by atoms with van der Waals surface area (Å²) in [5, 5.41) is 8.36. The molecule has 1 N–H and O–H groups in total. The van der Waals surface area contributed by atoms with Crippen LogP contribution in [-0.4, -0.2) is 35.9 Å². The molecule has 0 aliphatic heterocycles. The summed E-state index contributed by atoms with van der Waals surface area (Å²) in [5.41, 5.74) is 3.90. The molecule has 0 fully saturated rings. The van der Waals surface area contributed by atoms with Crippen molar-refractivity contribution in [3.8, 4) is 5.69 Å². The fourth-order valence-corrected chi connectivity index (χ4v) is 2.78. The van der Waals surface area contributed by atoms with Crippen LogP contribution in [0.3, 0.4) is 0 Å². The second-order valence-corrected chi connectivity index (χ2v) is 6.42. The molecular weight excluding hydrogens is 368 g/mol. The fourth-order valence-electron chi connectivity index (χ4n) is 2.64. The first-order valence-electron chi connectivity index (χ1n) is 8.19. The molecule has 0 amide bonds. The molecule has 4 aromatic rings. The van der Waals surface area contributed by atoms with E-state index in [9.17, 15) is 4.79 Å². The summed E-state index contributed by atoms with van der Waals surface area (Å²) in [4.78, 5) is 23.8. The van der Waals surface area contributed by atoms with E-state index >= 15 is 0 Å². The number of rotatable bonds is 4. The molecule has 0 radical (unpaired) electrons. The molecule has 0 saturated carbocycles. The van der Waals surface area contributed by atoms with Gasteiger partial charge in [-0.3, -0.25) is 0 Å². The molecule has 1 aromatic carbocycles. The van der Waals surface area contributed by atoms with Gasteiger partial charge in [0, 0.05) is 0 Å². The lowest BCUT2D eigenvalue weighted by Crippen LogP contribution is -2.09. The average molecular weight is 383 g/mol. The van der Waals surface area contributed by atoms with Crippen molar-refractivity contribution in [2.75, 3.05) is 0 Å². The number of halogens is 1. The minimum atomic E-state index is -0.572. The molecule has 0 saturated heterocycles. The van der Waals surface area contributed by atoms with Crippen molar-refractivity contribution in [3.05, 3.63) is 64.3 Å². The number of hydrogen-bond acceptors (Lipinski definition) is 6. The number of aryl methyl sites for hydroxylation is 1. The van der Waals surface area contributed by atoms with E-state index in [2.05, 4.69) is 25.3 Å². The lowest BCUT2D eigenvalue weighted by atomic mass is 10.2. The fraction of sp³-hybridized carbons (Fsp3) is 0.167. The molecule has 27 heavy (non-hydrogen) atoms. The van der Waals surface area contributed by atoms with Gasteiger partial charge in [-0.2, -0.15) is 0 Å². The Labute approximate surface area is 159 Å². The van der Waals surface area contributed by atoms with Gasteiger partial charge in [-0.15, -0.1) is 5.10 Å². The van der Waals surface area contributed by atoms with Crippen molar-refractivity contribution < 1.29 is 9.53 Å². The van der Waals surface area contributed by atoms with Crippen LogP contribution in [0.4, 0.5) is 0 Å². The topological polar surface area (TPSA) is 98.6 Å². The number of aromatic amines is 1. The van der Waals surface area contributed by atoms with Gasteiger partial charge in [-0.1, -0.05) is 34.5 Å². The summed E-state index contributed by atoms with van der Waals surface area (Å²) in [7, 11) is 0. The van der Waals surface area contributed by atoms with Crippen LogP contribution in [0.15, 0.2) is 36.4 Å². The van der Waals surface area contributed by atoms with Gasteiger partial charge in [0.05, 0.1) is 16.9 Å². The number of aromatic nitrogens is 6. The number of H-pyrrole nitrogens is 1. The highest BCUT2D eigenvalue weighted by Gasteiger charge is 2.19. The molecule has 0 unspecified atom stereocenters. The zero-order valence-corrected chi connectivity index (χ0v) is 15.4. The molecule has 0 spiro atoms. The number of ether oxygens (including phenoxy) is 1. The summed E-state index contributed by atoms with van der Waals surface area (Å²) in [6, 6.07) is 11.2. The number of nitrogens with zero attached hydrogens (tertiary/aromatic N) is 5. The molecule has 4 rings (SSSR count). The van der Waals surface area contributed by atoms with Crippen LogP contribution in [-0.2, 0) is 11.3 Å².